The Morgan fingerprint density at radius 3 is 2.64 bits per heavy atom. The first kappa shape index (κ1) is 23.8. The number of aromatic hydroxyl groups is 1. The monoisotopic (exact) mass is 497 g/mol. The third-order valence-corrected chi connectivity index (χ3v) is 7.49. The van der Waals surface area contributed by atoms with Gasteiger partial charge in [-0.25, -0.2) is 0 Å². The van der Waals surface area contributed by atoms with E-state index in [1.165, 1.54) is 65.7 Å². The Hall–Kier alpha value is -3.97. The van der Waals surface area contributed by atoms with E-state index in [2.05, 4.69) is 65.0 Å². The molecule has 7 heteroatoms. The van der Waals surface area contributed by atoms with E-state index >= 15 is 0 Å². The number of benzene rings is 3. The smallest absolute Gasteiger partial charge is 0.271 e. The zero-order chi connectivity index (χ0) is 25.1. The largest absolute Gasteiger partial charge is 0.506 e. The number of nitro groups is 1. The second-order valence-electron chi connectivity index (χ2n) is 8.85. The summed E-state index contributed by atoms with van der Waals surface area (Å²) in [6.45, 7) is 3.26. The molecule has 1 N–H and O–H groups in total. The lowest BCUT2D eigenvalue weighted by Crippen LogP contribution is -1.97. The van der Waals surface area contributed by atoms with Gasteiger partial charge in [-0.3, -0.25) is 15.1 Å². The minimum Gasteiger partial charge on any atom is -0.506 e. The van der Waals surface area contributed by atoms with Crippen molar-refractivity contribution in [1.29, 1.82) is 0 Å². The number of hydrogen-bond donors (Lipinski definition) is 1. The van der Waals surface area contributed by atoms with Crippen molar-refractivity contribution < 1.29 is 10.0 Å². The van der Waals surface area contributed by atoms with Gasteiger partial charge in [0.2, 0.25) is 0 Å². The number of phenols is 1. The van der Waals surface area contributed by atoms with E-state index in [1.807, 2.05) is 6.07 Å². The number of aliphatic imine (C=N–C) groups is 1. The number of phenolic OH excluding ortho intramolecular Hbond substituents is 1. The Morgan fingerprint density at radius 2 is 1.81 bits per heavy atom. The van der Waals surface area contributed by atoms with Crippen molar-refractivity contribution in [3.8, 4) is 16.2 Å². The molecule has 36 heavy (non-hydrogen) atoms. The molecule has 0 spiro atoms. The number of unbranched alkanes of at least 4 members (excludes halogenated alkanes) is 3. The van der Waals surface area contributed by atoms with Gasteiger partial charge < -0.3 is 9.67 Å². The van der Waals surface area contributed by atoms with Crippen molar-refractivity contribution in [2.24, 2.45) is 4.99 Å². The molecule has 0 amide bonds. The quantitative estimate of drug-likeness (QED) is 0.0959. The molecule has 0 unspecified atom stereocenters. The van der Waals surface area contributed by atoms with Gasteiger partial charge in [-0.2, -0.15) is 0 Å². The number of nitrogens with zero attached hydrogens (tertiary/aromatic N) is 3. The molecule has 0 atom stereocenters. The van der Waals surface area contributed by atoms with Gasteiger partial charge >= 0.3 is 0 Å². The highest BCUT2D eigenvalue weighted by Gasteiger charge is 2.13. The van der Waals surface area contributed by atoms with E-state index in [0.29, 0.717) is 0 Å². The summed E-state index contributed by atoms with van der Waals surface area (Å²) >= 11 is 1.59. The van der Waals surface area contributed by atoms with Crippen LogP contribution in [0.4, 0.5) is 11.4 Å². The number of hydrogen-bond acceptors (Lipinski definition) is 5. The van der Waals surface area contributed by atoms with Gasteiger partial charge in [0.05, 0.1) is 4.92 Å². The fraction of sp³-hybridized carbons (Fsp3) is 0.207. The van der Waals surface area contributed by atoms with Crippen molar-refractivity contribution >= 4 is 50.7 Å². The van der Waals surface area contributed by atoms with Crippen LogP contribution >= 0.6 is 11.3 Å². The lowest BCUT2D eigenvalue weighted by atomic mass is 10.1. The molecular formula is C29H27N3O3S. The zero-order valence-electron chi connectivity index (χ0n) is 20.1. The second kappa shape index (κ2) is 10.3. The summed E-state index contributed by atoms with van der Waals surface area (Å²) in [7, 11) is 0. The molecule has 5 rings (SSSR count). The maximum atomic E-state index is 11.0. The van der Waals surface area contributed by atoms with Crippen LogP contribution in [0.1, 0.15) is 37.5 Å². The molecule has 3 aromatic carbocycles. The van der Waals surface area contributed by atoms with Gasteiger partial charge in [0.1, 0.15) is 11.4 Å². The summed E-state index contributed by atoms with van der Waals surface area (Å²) in [5, 5.41) is 23.6. The van der Waals surface area contributed by atoms with Gasteiger partial charge in [0.25, 0.3) is 5.69 Å². The number of thiophene rings is 1. The summed E-state index contributed by atoms with van der Waals surface area (Å²) in [4.78, 5) is 16.8. The van der Waals surface area contributed by atoms with Crippen molar-refractivity contribution in [3.05, 3.63) is 87.8 Å². The standard InChI is InChI=1S/C29H27N3O3S/c1-2-3-4-7-16-31-26-9-6-5-8-23(26)24-17-20(10-13-27(24)31)29-15-12-22(36-29)19-30-25-18-21(32(34)35)11-14-28(25)33/h5-6,8-15,17-19,33H,2-4,7,16H2,1H3. The van der Waals surface area contributed by atoms with Crippen LogP contribution in [0.15, 0.2) is 77.8 Å². The van der Waals surface area contributed by atoms with Crippen molar-refractivity contribution in [2.75, 3.05) is 0 Å². The SMILES string of the molecule is CCCCCCn1c2ccccc2c2cc(-c3ccc(C=Nc4cc([N+](=O)[O-])ccc4O)s3)ccc21. The first-order valence-corrected chi connectivity index (χ1v) is 13.0. The highest BCUT2D eigenvalue weighted by molar-refractivity contribution is 7.17. The Kier molecular flexibility index (Phi) is 6.82. The maximum Gasteiger partial charge on any atom is 0.271 e. The second-order valence-corrected chi connectivity index (χ2v) is 9.97. The van der Waals surface area contributed by atoms with E-state index < -0.39 is 4.92 Å². The van der Waals surface area contributed by atoms with E-state index in [1.54, 1.807) is 17.6 Å². The van der Waals surface area contributed by atoms with Crippen molar-refractivity contribution in [3.63, 3.8) is 0 Å². The topological polar surface area (TPSA) is 80.7 Å². The van der Waals surface area contributed by atoms with Crippen LogP contribution in [0.3, 0.4) is 0 Å². The van der Waals surface area contributed by atoms with E-state index in [9.17, 15) is 15.2 Å². The summed E-state index contributed by atoms with van der Waals surface area (Å²) < 4.78 is 2.45. The molecule has 0 saturated heterocycles. The van der Waals surface area contributed by atoms with Gasteiger partial charge in [0.15, 0.2) is 0 Å². The van der Waals surface area contributed by atoms with Crippen molar-refractivity contribution in [2.45, 2.75) is 39.2 Å². The molecule has 0 bridgehead atoms. The average molecular weight is 498 g/mol. The lowest BCUT2D eigenvalue weighted by Gasteiger charge is -2.07. The number of non-ortho nitro benzene ring substituents is 1. The molecule has 2 heterocycles. The molecule has 182 valence electrons. The Balaban J connectivity index is 1.45. The minimum absolute atomic E-state index is 0.0924. The summed E-state index contributed by atoms with van der Waals surface area (Å²) in [5.74, 6) is -0.0924. The number of para-hydroxylation sites is 1. The summed E-state index contributed by atoms with van der Waals surface area (Å²) in [5.41, 5.74) is 3.74. The molecule has 0 fully saturated rings. The molecule has 2 aromatic heterocycles. The number of aryl methyl sites for hydroxylation is 1. The van der Waals surface area contributed by atoms with Crippen LogP contribution in [-0.4, -0.2) is 20.8 Å². The molecular weight excluding hydrogens is 470 g/mol. The Morgan fingerprint density at radius 1 is 0.972 bits per heavy atom. The van der Waals surface area contributed by atoms with Crippen LogP contribution in [0, 0.1) is 10.1 Å². The number of aromatic nitrogens is 1. The number of fused-ring (bicyclic) bond motifs is 3. The summed E-state index contributed by atoms with van der Waals surface area (Å²) in [6, 6.07) is 23.1. The molecule has 0 aliphatic carbocycles. The van der Waals surface area contributed by atoms with E-state index in [-0.39, 0.29) is 17.1 Å². The Labute approximate surface area is 213 Å². The number of rotatable bonds is 9. The van der Waals surface area contributed by atoms with Crippen LogP contribution in [0.5, 0.6) is 5.75 Å². The fourth-order valence-corrected chi connectivity index (χ4v) is 5.46. The Bertz CT molecular complexity index is 1580. The highest BCUT2D eigenvalue weighted by atomic mass is 32.1. The molecule has 0 saturated carbocycles. The van der Waals surface area contributed by atoms with Crippen LogP contribution < -0.4 is 0 Å². The van der Waals surface area contributed by atoms with Crippen molar-refractivity contribution in [1.82, 2.24) is 4.57 Å². The fourth-order valence-electron chi connectivity index (χ4n) is 4.58. The number of nitro benzene ring substituents is 1. The molecule has 0 radical (unpaired) electrons. The molecule has 0 aliphatic heterocycles. The van der Waals surface area contributed by atoms with Crippen LogP contribution in [0.2, 0.25) is 0 Å². The maximum absolute atomic E-state index is 11.0. The molecule has 5 aromatic rings. The molecule has 6 nitrogen and oxygen atoms in total. The normalized spacial score (nSPS) is 11.7. The minimum atomic E-state index is -0.500. The summed E-state index contributed by atoms with van der Waals surface area (Å²) in [6.07, 6.45) is 6.56. The third-order valence-electron chi connectivity index (χ3n) is 6.42. The predicted molar refractivity (Wildman–Crippen MR) is 149 cm³/mol. The van der Waals surface area contributed by atoms with Gasteiger partial charge in [0, 0.05) is 56.5 Å². The lowest BCUT2D eigenvalue weighted by molar-refractivity contribution is -0.384. The average Bonchev–Trinajstić information content (AvgIpc) is 3.49. The first-order chi connectivity index (χ1) is 17.5. The van der Waals surface area contributed by atoms with Gasteiger partial charge in [-0.1, -0.05) is 50.5 Å². The third kappa shape index (κ3) is 4.75. The van der Waals surface area contributed by atoms with Gasteiger partial charge in [-0.05, 0) is 48.4 Å². The van der Waals surface area contributed by atoms with Crippen LogP contribution in [0.25, 0.3) is 32.2 Å². The zero-order valence-corrected chi connectivity index (χ0v) is 20.9. The first-order valence-electron chi connectivity index (χ1n) is 12.2. The van der Waals surface area contributed by atoms with Gasteiger partial charge in [-0.15, -0.1) is 11.3 Å². The van der Waals surface area contributed by atoms with E-state index in [0.717, 1.165) is 21.9 Å². The predicted octanol–water partition coefficient (Wildman–Crippen LogP) is 8.47. The van der Waals surface area contributed by atoms with Crippen LogP contribution in [-0.2, 0) is 6.54 Å². The highest BCUT2D eigenvalue weighted by Crippen LogP contribution is 2.36. The molecule has 0 aliphatic rings. The van der Waals surface area contributed by atoms with E-state index in [4.69, 9.17) is 0 Å².